The normalized spacial score (nSPS) is 11.2. The fraction of sp³-hybridized carbons (Fsp3) is 0.385. The lowest BCUT2D eigenvalue weighted by Gasteiger charge is -2.22. The van der Waals surface area contributed by atoms with Crippen molar-refractivity contribution >= 4 is 11.3 Å². The third-order valence-corrected chi connectivity index (χ3v) is 2.49. The van der Waals surface area contributed by atoms with Crippen molar-refractivity contribution in [3.63, 3.8) is 0 Å². The van der Waals surface area contributed by atoms with Crippen molar-refractivity contribution in [2.45, 2.75) is 33.1 Å². The maximum absolute atomic E-state index is 10.6. The summed E-state index contributed by atoms with van der Waals surface area (Å²) in [7, 11) is 0. The van der Waals surface area contributed by atoms with Crippen molar-refractivity contribution in [2.24, 2.45) is 5.18 Å². The maximum Gasteiger partial charge on any atom is 0.150 e. The first-order chi connectivity index (χ1) is 7.27. The molecule has 0 heterocycles. The molecular formula is C13H17NO2. The second-order valence-electron chi connectivity index (χ2n) is 5.01. The molecule has 0 bridgehead atoms. The van der Waals surface area contributed by atoms with E-state index in [1.165, 1.54) is 0 Å². The molecule has 0 aliphatic heterocycles. The molecule has 86 valence electrons. The summed E-state index contributed by atoms with van der Waals surface area (Å²) in [6.07, 6.45) is 0. The van der Waals surface area contributed by atoms with E-state index in [1.807, 2.05) is 33.8 Å². The van der Waals surface area contributed by atoms with Gasteiger partial charge in [-0.05, 0) is 35.2 Å². The number of hydrogen-bond donors (Lipinski definition) is 1. The van der Waals surface area contributed by atoms with Gasteiger partial charge in [0.25, 0.3) is 0 Å². The van der Waals surface area contributed by atoms with Crippen molar-refractivity contribution in [1.82, 2.24) is 0 Å². The predicted molar refractivity (Wildman–Crippen MR) is 67.0 cm³/mol. The Morgan fingerprint density at radius 2 is 1.94 bits per heavy atom. The lowest BCUT2D eigenvalue weighted by Crippen LogP contribution is -2.11. The second-order valence-corrected chi connectivity index (χ2v) is 5.01. The third kappa shape index (κ3) is 2.30. The average Bonchev–Trinajstić information content (AvgIpc) is 2.15. The van der Waals surface area contributed by atoms with Gasteiger partial charge in [-0.1, -0.05) is 32.9 Å². The van der Waals surface area contributed by atoms with E-state index in [9.17, 15) is 10.0 Å². The van der Waals surface area contributed by atoms with Gasteiger partial charge in [0.1, 0.15) is 5.75 Å². The van der Waals surface area contributed by atoms with E-state index < -0.39 is 0 Å². The molecule has 0 fully saturated rings. The highest BCUT2D eigenvalue weighted by atomic mass is 16.3. The monoisotopic (exact) mass is 219 g/mol. The molecule has 0 unspecified atom stereocenters. The summed E-state index contributed by atoms with van der Waals surface area (Å²) in [5.74, 6) is -0.0347. The molecule has 0 aromatic heterocycles. The Bertz CT molecular complexity index is 442. The van der Waals surface area contributed by atoms with Gasteiger partial charge in [0.2, 0.25) is 0 Å². The van der Waals surface area contributed by atoms with Crippen LogP contribution < -0.4 is 0 Å². The lowest BCUT2D eigenvalue weighted by atomic mass is 9.84. The molecule has 16 heavy (non-hydrogen) atoms. The summed E-state index contributed by atoms with van der Waals surface area (Å²) >= 11 is 0. The van der Waals surface area contributed by atoms with E-state index in [-0.39, 0.29) is 16.9 Å². The fourth-order valence-electron chi connectivity index (χ4n) is 1.51. The molecule has 0 spiro atoms. The van der Waals surface area contributed by atoms with Gasteiger partial charge in [-0.2, -0.15) is 0 Å². The summed E-state index contributed by atoms with van der Waals surface area (Å²) in [4.78, 5) is 10.6. The minimum absolute atomic E-state index is 0.0347. The van der Waals surface area contributed by atoms with Crippen LogP contribution in [0.5, 0.6) is 5.75 Å². The molecule has 0 saturated heterocycles. The molecule has 1 N–H and O–H groups in total. The molecule has 1 aromatic carbocycles. The molecule has 1 aromatic rings. The van der Waals surface area contributed by atoms with Gasteiger partial charge in [0.15, 0.2) is 5.69 Å². The van der Waals surface area contributed by atoms with Crippen LogP contribution in [0.4, 0.5) is 5.69 Å². The quantitative estimate of drug-likeness (QED) is 0.760. The number of hydrogen-bond acceptors (Lipinski definition) is 3. The topological polar surface area (TPSA) is 49.7 Å². The predicted octanol–water partition coefficient (Wildman–Crippen LogP) is 4.12. The standard InChI is InChI=1S/C13H17NO2/c1-8(2)9-6-10(13(3,4)5)12(15)11(7-9)14-16/h6-7,15H,1H2,2-5H3. The van der Waals surface area contributed by atoms with Crippen molar-refractivity contribution < 1.29 is 5.11 Å². The zero-order valence-electron chi connectivity index (χ0n) is 10.2. The van der Waals surface area contributed by atoms with Crippen LogP contribution in [0.15, 0.2) is 23.9 Å². The Kier molecular flexibility index (Phi) is 3.17. The van der Waals surface area contributed by atoms with Crippen LogP contribution in [0.1, 0.15) is 38.8 Å². The molecule has 0 aliphatic carbocycles. The van der Waals surface area contributed by atoms with Gasteiger partial charge >= 0.3 is 0 Å². The summed E-state index contributed by atoms with van der Waals surface area (Å²) in [5.41, 5.74) is 2.22. The first-order valence-corrected chi connectivity index (χ1v) is 5.14. The summed E-state index contributed by atoms with van der Waals surface area (Å²) in [5, 5.41) is 12.8. The number of aromatic hydroxyl groups is 1. The van der Waals surface area contributed by atoms with Crippen LogP contribution in [-0.4, -0.2) is 5.11 Å². The number of phenols is 1. The molecule has 0 amide bonds. The summed E-state index contributed by atoms with van der Waals surface area (Å²) in [6.45, 7) is 11.6. The highest BCUT2D eigenvalue weighted by Gasteiger charge is 2.21. The van der Waals surface area contributed by atoms with Crippen molar-refractivity contribution in [3.8, 4) is 5.75 Å². The van der Waals surface area contributed by atoms with Crippen molar-refractivity contribution in [3.05, 3.63) is 34.7 Å². The molecule has 3 nitrogen and oxygen atoms in total. The van der Waals surface area contributed by atoms with Crippen LogP contribution in [0.2, 0.25) is 0 Å². The largest absolute Gasteiger partial charge is 0.505 e. The molecule has 0 saturated carbocycles. The van der Waals surface area contributed by atoms with Gasteiger partial charge < -0.3 is 5.11 Å². The van der Waals surface area contributed by atoms with Crippen LogP contribution in [0.25, 0.3) is 5.57 Å². The van der Waals surface area contributed by atoms with Gasteiger partial charge in [0.05, 0.1) is 0 Å². The van der Waals surface area contributed by atoms with Gasteiger partial charge in [0, 0.05) is 5.56 Å². The van der Waals surface area contributed by atoms with E-state index in [0.717, 1.165) is 11.1 Å². The number of rotatable bonds is 2. The minimum atomic E-state index is -0.241. The van der Waals surface area contributed by atoms with Gasteiger partial charge in [-0.15, -0.1) is 4.91 Å². The van der Waals surface area contributed by atoms with Crippen LogP contribution in [0, 0.1) is 4.91 Å². The van der Waals surface area contributed by atoms with E-state index in [1.54, 1.807) is 6.07 Å². The lowest BCUT2D eigenvalue weighted by molar-refractivity contribution is 0.448. The Labute approximate surface area is 95.8 Å². The minimum Gasteiger partial charge on any atom is -0.505 e. The SMILES string of the molecule is C=C(C)c1cc(N=O)c(O)c(C(C)(C)C)c1. The van der Waals surface area contributed by atoms with E-state index in [4.69, 9.17) is 0 Å². The zero-order valence-corrected chi connectivity index (χ0v) is 10.2. The zero-order chi connectivity index (χ0) is 12.5. The van der Waals surface area contributed by atoms with Crippen LogP contribution >= 0.6 is 0 Å². The van der Waals surface area contributed by atoms with Gasteiger partial charge in [-0.25, -0.2) is 0 Å². The summed E-state index contributed by atoms with van der Waals surface area (Å²) in [6, 6.07) is 3.41. The Morgan fingerprint density at radius 1 is 1.38 bits per heavy atom. The highest BCUT2D eigenvalue weighted by molar-refractivity contribution is 5.70. The molecule has 0 aliphatic rings. The van der Waals surface area contributed by atoms with Crippen molar-refractivity contribution in [2.75, 3.05) is 0 Å². The number of nitrogens with zero attached hydrogens (tertiary/aromatic N) is 1. The van der Waals surface area contributed by atoms with E-state index in [0.29, 0.717) is 5.56 Å². The number of nitroso groups, excluding NO2 is 1. The van der Waals surface area contributed by atoms with Crippen molar-refractivity contribution in [1.29, 1.82) is 0 Å². The summed E-state index contributed by atoms with van der Waals surface area (Å²) < 4.78 is 0. The first-order valence-electron chi connectivity index (χ1n) is 5.14. The van der Waals surface area contributed by atoms with E-state index >= 15 is 0 Å². The molecule has 3 heteroatoms. The number of allylic oxidation sites excluding steroid dienone is 1. The first kappa shape index (κ1) is 12.4. The average molecular weight is 219 g/mol. The molecule has 0 atom stereocenters. The number of benzene rings is 1. The smallest absolute Gasteiger partial charge is 0.150 e. The number of phenolic OH excluding ortho intramolecular Hbond substituents is 1. The highest BCUT2D eigenvalue weighted by Crippen LogP contribution is 2.39. The Morgan fingerprint density at radius 3 is 2.31 bits per heavy atom. The molecule has 1 rings (SSSR count). The van der Waals surface area contributed by atoms with Crippen LogP contribution in [0.3, 0.4) is 0 Å². The Balaban J connectivity index is 3.54. The van der Waals surface area contributed by atoms with E-state index in [2.05, 4.69) is 11.8 Å². The third-order valence-electron chi connectivity index (χ3n) is 2.49. The molecular weight excluding hydrogens is 202 g/mol. The Hall–Kier alpha value is -1.64. The maximum atomic E-state index is 10.6. The fourth-order valence-corrected chi connectivity index (χ4v) is 1.51. The second kappa shape index (κ2) is 4.08. The van der Waals surface area contributed by atoms with Gasteiger partial charge in [-0.3, -0.25) is 0 Å². The van der Waals surface area contributed by atoms with Crippen LogP contribution in [-0.2, 0) is 5.41 Å². The molecule has 0 radical (unpaired) electrons.